The average molecular weight is 421 g/mol. The minimum atomic E-state index is -4.56. The van der Waals surface area contributed by atoms with E-state index in [1.165, 1.54) is 16.8 Å². The zero-order valence-electron chi connectivity index (χ0n) is 14.1. The van der Waals surface area contributed by atoms with E-state index in [4.69, 9.17) is 23.8 Å². The Morgan fingerprint density at radius 2 is 1.93 bits per heavy atom. The van der Waals surface area contributed by atoms with Gasteiger partial charge in [-0.05, 0) is 55.7 Å². The second-order valence-electron chi connectivity index (χ2n) is 6.28. The lowest BCUT2D eigenvalue weighted by Crippen LogP contribution is -2.29. The van der Waals surface area contributed by atoms with Crippen molar-refractivity contribution in [1.82, 2.24) is 15.1 Å². The first-order valence-electron chi connectivity index (χ1n) is 8.39. The Balaban J connectivity index is 1.53. The molecule has 1 aliphatic carbocycles. The molecule has 1 heterocycles. The molecule has 1 aliphatic rings. The van der Waals surface area contributed by atoms with E-state index in [1.54, 1.807) is 12.1 Å². The molecule has 0 atom stereocenters. The Labute approximate surface area is 163 Å². The van der Waals surface area contributed by atoms with E-state index < -0.39 is 11.9 Å². The summed E-state index contributed by atoms with van der Waals surface area (Å²) in [6.07, 6.45) is -2.40. The highest BCUT2D eigenvalue weighted by molar-refractivity contribution is 7.80. The van der Waals surface area contributed by atoms with Crippen LogP contribution < -0.4 is 10.6 Å². The molecule has 3 rings (SSSR count). The van der Waals surface area contributed by atoms with Crippen molar-refractivity contribution in [2.45, 2.75) is 37.9 Å². The third kappa shape index (κ3) is 5.10. The molecule has 0 bridgehead atoms. The quantitative estimate of drug-likeness (QED) is 0.394. The number of hydrogen-bond acceptors (Lipinski definition) is 2. The van der Waals surface area contributed by atoms with Gasteiger partial charge in [0.2, 0.25) is 0 Å². The predicted octanol–water partition coefficient (Wildman–Crippen LogP) is 4.95. The molecule has 1 fully saturated rings. The molecule has 2 aromatic rings. The van der Waals surface area contributed by atoms with E-state index in [1.807, 2.05) is 0 Å². The van der Waals surface area contributed by atoms with Gasteiger partial charge in [-0.1, -0.05) is 11.6 Å². The molecule has 4 nitrogen and oxygen atoms in total. The zero-order valence-corrected chi connectivity index (χ0v) is 15.7. The number of alkyl halides is 3. The molecule has 0 radical (unpaired) electrons. The van der Waals surface area contributed by atoms with Crippen molar-refractivity contribution < 1.29 is 17.6 Å². The first kappa shape index (κ1) is 19.9. The standard InChI is InChI=1S/C17H17ClF4N4S/c18-13-14(10-2-3-10)26(25-15(13)17(20,21)22)9-1-8-23-16(27)24-12-6-4-11(19)5-7-12/h4-7,10H,1-3,8-9H2,(H2,23,24,27). The van der Waals surface area contributed by atoms with E-state index in [2.05, 4.69) is 15.7 Å². The SMILES string of the molecule is Fc1ccc(NC(=S)NCCCn2nc(C(F)(F)F)c(Cl)c2C2CC2)cc1. The van der Waals surface area contributed by atoms with E-state index in [0.29, 0.717) is 36.0 Å². The molecule has 0 unspecified atom stereocenters. The van der Waals surface area contributed by atoms with Crippen molar-refractivity contribution in [3.05, 3.63) is 46.5 Å². The lowest BCUT2D eigenvalue weighted by molar-refractivity contribution is -0.141. The average Bonchev–Trinajstić information content (AvgIpc) is 3.36. The number of nitrogens with one attached hydrogen (secondary N) is 2. The van der Waals surface area contributed by atoms with Crippen LogP contribution in [0.25, 0.3) is 0 Å². The maximum absolute atomic E-state index is 13.0. The maximum Gasteiger partial charge on any atom is 0.436 e. The van der Waals surface area contributed by atoms with Crippen LogP contribution in [-0.2, 0) is 12.7 Å². The number of aromatic nitrogens is 2. The smallest absolute Gasteiger partial charge is 0.362 e. The first-order chi connectivity index (χ1) is 12.8. The first-order valence-corrected chi connectivity index (χ1v) is 9.18. The normalized spacial score (nSPS) is 14.3. The molecule has 0 spiro atoms. The molecule has 0 amide bonds. The summed E-state index contributed by atoms with van der Waals surface area (Å²) >= 11 is 11.1. The van der Waals surface area contributed by atoms with E-state index in [9.17, 15) is 17.6 Å². The number of hydrogen-bond donors (Lipinski definition) is 2. The molecule has 0 aliphatic heterocycles. The number of halogens is 5. The maximum atomic E-state index is 13.0. The summed E-state index contributed by atoms with van der Waals surface area (Å²) in [5.41, 5.74) is 0.0853. The summed E-state index contributed by atoms with van der Waals surface area (Å²) in [5.74, 6) is -0.294. The minimum absolute atomic E-state index is 0.0512. The van der Waals surface area contributed by atoms with Gasteiger partial charge in [-0.15, -0.1) is 0 Å². The summed E-state index contributed by atoms with van der Waals surface area (Å²) in [5, 5.41) is 9.61. The number of benzene rings is 1. The highest BCUT2D eigenvalue weighted by Crippen LogP contribution is 2.46. The van der Waals surface area contributed by atoms with Gasteiger partial charge in [-0.3, -0.25) is 4.68 Å². The van der Waals surface area contributed by atoms with Crippen LogP contribution in [0.15, 0.2) is 24.3 Å². The van der Waals surface area contributed by atoms with Crippen LogP contribution in [0.1, 0.15) is 36.6 Å². The molecule has 27 heavy (non-hydrogen) atoms. The zero-order chi connectivity index (χ0) is 19.6. The highest BCUT2D eigenvalue weighted by Gasteiger charge is 2.41. The summed E-state index contributed by atoms with van der Waals surface area (Å²) < 4.78 is 53.3. The minimum Gasteiger partial charge on any atom is -0.362 e. The van der Waals surface area contributed by atoms with Crippen molar-refractivity contribution in [2.24, 2.45) is 0 Å². The second kappa shape index (κ2) is 8.02. The number of aryl methyl sites for hydroxylation is 1. The van der Waals surface area contributed by atoms with Crippen molar-refractivity contribution in [3.63, 3.8) is 0 Å². The van der Waals surface area contributed by atoms with Gasteiger partial charge in [0.05, 0.1) is 10.7 Å². The molecule has 1 aromatic heterocycles. The lowest BCUT2D eigenvalue weighted by atomic mass is 10.2. The Bertz CT molecular complexity index is 816. The fraction of sp³-hybridized carbons (Fsp3) is 0.412. The number of rotatable bonds is 6. The molecule has 10 heteroatoms. The van der Waals surface area contributed by atoms with Crippen LogP contribution >= 0.6 is 23.8 Å². The Morgan fingerprint density at radius 1 is 1.26 bits per heavy atom. The fourth-order valence-electron chi connectivity index (χ4n) is 2.69. The molecular formula is C17H17ClF4N4S. The van der Waals surface area contributed by atoms with Crippen molar-refractivity contribution in [3.8, 4) is 0 Å². The highest BCUT2D eigenvalue weighted by atomic mass is 35.5. The third-order valence-corrected chi connectivity index (χ3v) is 4.72. The Kier molecular flexibility index (Phi) is 5.90. The number of thiocarbonyl (C=S) groups is 1. The van der Waals surface area contributed by atoms with Gasteiger partial charge in [-0.2, -0.15) is 18.3 Å². The fourth-order valence-corrected chi connectivity index (χ4v) is 3.31. The Hall–Kier alpha value is -1.87. The van der Waals surface area contributed by atoms with Gasteiger partial charge in [-0.25, -0.2) is 4.39 Å². The summed E-state index contributed by atoms with van der Waals surface area (Å²) in [6.45, 7) is 0.740. The number of nitrogens with zero attached hydrogens (tertiary/aromatic N) is 2. The topological polar surface area (TPSA) is 41.9 Å². The van der Waals surface area contributed by atoms with Gasteiger partial charge in [0, 0.05) is 24.7 Å². The van der Waals surface area contributed by atoms with Crippen LogP contribution in [0.2, 0.25) is 5.02 Å². The molecule has 0 saturated heterocycles. The van der Waals surface area contributed by atoms with Crippen molar-refractivity contribution in [1.29, 1.82) is 0 Å². The monoisotopic (exact) mass is 420 g/mol. The molecule has 2 N–H and O–H groups in total. The van der Waals surface area contributed by atoms with Gasteiger partial charge < -0.3 is 10.6 Å². The summed E-state index contributed by atoms with van der Waals surface area (Å²) in [4.78, 5) is 0. The van der Waals surface area contributed by atoms with Crippen LogP contribution in [0, 0.1) is 5.82 Å². The van der Waals surface area contributed by atoms with E-state index >= 15 is 0 Å². The van der Waals surface area contributed by atoms with Crippen molar-refractivity contribution in [2.75, 3.05) is 11.9 Å². The molecular weight excluding hydrogens is 404 g/mol. The lowest BCUT2D eigenvalue weighted by Gasteiger charge is -2.11. The van der Waals surface area contributed by atoms with E-state index in [-0.39, 0.29) is 16.8 Å². The van der Waals surface area contributed by atoms with Gasteiger partial charge in [0.1, 0.15) is 5.82 Å². The Morgan fingerprint density at radius 3 is 2.52 bits per heavy atom. The van der Waals surface area contributed by atoms with Crippen LogP contribution in [0.5, 0.6) is 0 Å². The summed E-state index contributed by atoms with van der Waals surface area (Å²) in [7, 11) is 0. The van der Waals surface area contributed by atoms with Crippen LogP contribution in [0.3, 0.4) is 0 Å². The molecule has 146 valence electrons. The molecule has 1 aromatic carbocycles. The predicted molar refractivity (Wildman–Crippen MR) is 99.5 cm³/mol. The summed E-state index contributed by atoms with van der Waals surface area (Å²) in [6, 6.07) is 5.72. The van der Waals surface area contributed by atoms with Crippen LogP contribution in [-0.4, -0.2) is 21.4 Å². The van der Waals surface area contributed by atoms with Gasteiger partial charge >= 0.3 is 6.18 Å². The number of anilines is 1. The van der Waals surface area contributed by atoms with Gasteiger partial charge in [0.15, 0.2) is 10.8 Å². The third-order valence-electron chi connectivity index (χ3n) is 4.10. The van der Waals surface area contributed by atoms with Gasteiger partial charge in [0.25, 0.3) is 0 Å². The van der Waals surface area contributed by atoms with Crippen LogP contribution in [0.4, 0.5) is 23.2 Å². The largest absolute Gasteiger partial charge is 0.436 e. The van der Waals surface area contributed by atoms with Crippen molar-refractivity contribution >= 4 is 34.6 Å². The molecule has 1 saturated carbocycles. The second-order valence-corrected chi connectivity index (χ2v) is 7.07. The van der Waals surface area contributed by atoms with E-state index in [0.717, 1.165) is 12.8 Å².